The van der Waals surface area contributed by atoms with Crippen LogP contribution in [0.5, 0.6) is 5.75 Å². The van der Waals surface area contributed by atoms with Crippen LogP contribution in [0.15, 0.2) is 23.4 Å². The lowest BCUT2D eigenvalue weighted by Gasteiger charge is -2.10. The van der Waals surface area contributed by atoms with Gasteiger partial charge < -0.3 is 14.8 Å². The number of aromatic nitrogens is 1. The molecule has 2 aromatic rings. The SMILES string of the molecule is CSc1[nH]ccc1C(=O)c1cc2c(c(Cl)c1Cl)OC(C(=O)O)C2. The highest BCUT2D eigenvalue weighted by molar-refractivity contribution is 7.98. The van der Waals surface area contributed by atoms with Gasteiger partial charge in [-0.1, -0.05) is 23.2 Å². The molecule has 0 saturated carbocycles. The van der Waals surface area contributed by atoms with Gasteiger partial charge in [0.25, 0.3) is 0 Å². The summed E-state index contributed by atoms with van der Waals surface area (Å²) in [5.41, 5.74) is 1.29. The number of aromatic amines is 1. The van der Waals surface area contributed by atoms with Crippen LogP contribution in [0.4, 0.5) is 0 Å². The number of hydrogen-bond donors (Lipinski definition) is 2. The van der Waals surface area contributed by atoms with E-state index in [0.717, 1.165) is 5.03 Å². The molecule has 1 aliphatic heterocycles. The number of halogens is 2. The van der Waals surface area contributed by atoms with E-state index in [2.05, 4.69) is 4.98 Å². The number of nitrogens with one attached hydrogen (secondary N) is 1. The Bertz CT molecular complexity index is 818. The molecule has 0 amide bonds. The second kappa shape index (κ2) is 6.11. The fraction of sp³-hybridized carbons (Fsp3) is 0.200. The summed E-state index contributed by atoms with van der Waals surface area (Å²) in [5.74, 6) is -1.12. The molecular weight excluding hydrogens is 361 g/mol. The van der Waals surface area contributed by atoms with E-state index in [-0.39, 0.29) is 33.6 Å². The predicted molar refractivity (Wildman–Crippen MR) is 88.2 cm³/mol. The maximum atomic E-state index is 12.7. The van der Waals surface area contributed by atoms with E-state index < -0.39 is 12.1 Å². The summed E-state index contributed by atoms with van der Waals surface area (Å²) in [4.78, 5) is 26.8. The number of fused-ring (bicyclic) bond motifs is 1. The minimum atomic E-state index is -1.09. The molecule has 1 aromatic heterocycles. The highest BCUT2D eigenvalue weighted by Crippen LogP contribution is 2.43. The van der Waals surface area contributed by atoms with Gasteiger partial charge >= 0.3 is 5.97 Å². The molecule has 23 heavy (non-hydrogen) atoms. The summed E-state index contributed by atoms with van der Waals surface area (Å²) in [6, 6.07) is 3.23. The minimum absolute atomic E-state index is 0.0645. The van der Waals surface area contributed by atoms with Crippen molar-refractivity contribution in [2.75, 3.05) is 6.26 Å². The predicted octanol–water partition coefficient (Wildman–Crippen LogP) is 3.66. The number of benzene rings is 1. The molecule has 2 N–H and O–H groups in total. The zero-order valence-corrected chi connectivity index (χ0v) is 14.2. The van der Waals surface area contributed by atoms with Crippen LogP contribution in [0.25, 0.3) is 0 Å². The Morgan fingerprint density at radius 2 is 2.09 bits per heavy atom. The lowest BCUT2D eigenvalue weighted by Crippen LogP contribution is -2.24. The fourth-order valence-electron chi connectivity index (χ4n) is 2.47. The van der Waals surface area contributed by atoms with Crippen LogP contribution in [0.2, 0.25) is 10.0 Å². The molecule has 0 fully saturated rings. The van der Waals surface area contributed by atoms with E-state index in [4.69, 9.17) is 33.0 Å². The summed E-state index contributed by atoms with van der Waals surface area (Å²) in [7, 11) is 0. The van der Waals surface area contributed by atoms with Crippen LogP contribution in [-0.4, -0.2) is 34.2 Å². The maximum absolute atomic E-state index is 12.7. The van der Waals surface area contributed by atoms with Crippen molar-refractivity contribution in [2.24, 2.45) is 0 Å². The van der Waals surface area contributed by atoms with E-state index in [1.807, 2.05) is 6.26 Å². The van der Waals surface area contributed by atoms with Crippen molar-refractivity contribution in [1.82, 2.24) is 4.98 Å². The van der Waals surface area contributed by atoms with Gasteiger partial charge in [0.05, 0.1) is 15.6 Å². The number of carboxylic acid groups (broad SMARTS) is 1. The summed E-state index contributed by atoms with van der Waals surface area (Å²) in [5, 5.41) is 9.92. The first-order chi connectivity index (χ1) is 10.9. The van der Waals surface area contributed by atoms with Crippen molar-refractivity contribution in [3.05, 3.63) is 45.1 Å². The van der Waals surface area contributed by atoms with Crippen LogP contribution >= 0.6 is 35.0 Å². The topological polar surface area (TPSA) is 79.4 Å². The van der Waals surface area contributed by atoms with E-state index >= 15 is 0 Å². The molecule has 120 valence electrons. The highest BCUT2D eigenvalue weighted by atomic mass is 35.5. The van der Waals surface area contributed by atoms with Gasteiger partial charge in [-0.05, 0) is 18.4 Å². The van der Waals surface area contributed by atoms with Crippen LogP contribution in [0.1, 0.15) is 21.5 Å². The van der Waals surface area contributed by atoms with Crippen molar-refractivity contribution in [3.63, 3.8) is 0 Å². The van der Waals surface area contributed by atoms with E-state index in [1.54, 1.807) is 18.3 Å². The molecule has 1 atom stereocenters. The van der Waals surface area contributed by atoms with Gasteiger partial charge in [-0.25, -0.2) is 4.79 Å². The fourth-order valence-corrected chi connectivity index (χ4v) is 3.54. The van der Waals surface area contributed by atoms with Gasteiger partial charge in [-0.2, -0.15) is 0 Å². The quantitative estimate of drug-likeness (QED) is 0.633. The number of hydrogen-bond acceptors (Lipinski definition) is 4. The molecule has 1 aliphatic rings. The van der Waals surface area contributed by atoms with Crippen molar-refractivity contribution in [1.29, 1.82) is 0 Å². The Balaban J connectivity index is 2.06. The van der Waals surface area contributed by atoms with Gasteiger partial charge in [0, 0.05) is 23.7 Å². The number of carbonyl (C=O) groups is 2. The van der Waals surface area contributed by atoms with Crippen molar-refractivity contribution in [2.45, 2.75) is 17.6 Å². The molecule has 5 nitrogen and oxygen atoms in total. The zero-order valence-electron chi connectivity index (χ0n) is 11.9. The second-order valence-electron chi connectivity index (χ2n) is 4.94. The van der Waals surface area contributed by atoms with Gasteiger partial charge in [-0.3, -0.25) is 4.79 Å². The van der Waals surface area contributed by atoms with E-state index in [1.165, 1.54) is 11.8 Å². The standard InChI is InChI=1S/C15H11Cl2NO4S/c1-23-14-7(2-3-18-14)12(19)8-4-6-5-9(15(20)21)22-13(6)11(17)10(8)16/h2-4,9,18H,5H2,1H3,(H,20,21). The third-order valence-electron chi connectivity index (χ3n) is 3.58. The first kappa shape index (κ1) is 16.2. The van der Waals surface area contributed by atoms with E-state index in [9.17, 15) is 9.59 Å². The molecule has 0 saturated heterocycles. The van der Waals surface area contributed by atoms with Crippen molar-refractivity contribution >= 4 is 46.7 Å². The molecule has 8 heteroatoms. The van der Waals surface area contributed by atoms with Gasteiger partial charge in [0.15, 0.2) is 11.9 Å². The van der Waals surface area contributed by atoms with Crippen LogP contribution in [-0.2, 0) is 11.2 Å². The number of carbonyl (C=O) groups excluding carboxylic acids is 1. The third kappa shape index (κ3) is 2.71. The molecule has 3 rings (SSSR count). The molecule has 0 spiro atoms. The Morgan fingerprint density at radius 1 is 1.35 bits per heavy atom. The maximum Gasteiger partial charge on any atom is 0.345 e. The molecule has 1 aromatic carbocycles. The van der Waals surface area contributed by atoms with E-state index in [0.29, 0.717) is 11.1 Å². The number of carboxylic acids is 1. The lowest BCUT2D eigenvalue weighted by molar-refractivity contribution is -0.144. The number of H-pyrrole nitrogens is 1. The smallest absolute Gasteiger partial charge is 0.345 e. The Hall–Kier alpha value is -1.63. The first-order valence-corrected chi connectivity index (χ1v) is 8.58. The monoisotopic (exact) mass is 371 g/mol. The number of rotatable bonds is 4. The number of aliphatic carboxylic acids is 1. The second-order valence-corrected chi connectivity index (χ2v) is 6.52. The summed E-state index contributed by atoms with van der Waals surface area (Å²) in [6.45, 7) is 0. The van der Waals surface area contributed by atoms with Gasteiger partial charge in [0.2, 0.25) is 0 Å². The first-order valence-electron chi connectivity index (χ1n) is 6.60. The van der Waals surface area contributed by atoms with Gasteiger partial charge in [-0.15, -0.1) is 11.8 Å². The average molecular weight is 372 g/mol. The van der Waals surface area contributed by atoms with Gasteiger partial charge in [0.1, 0.15) is 10.8 Å². The third-order valence-corrected chi connectivity index (χ3v) is 5.18. The molecule has 2 heterocycles. The van der Waals surface area contributed by atoms with Crippen LogP contribution in [0, 0.1) is 0 Å². The van der Waals surface area contributed by atoms with Crippen molar-refractivity contribution < 1.29 is 19.4 Å². The number of thioether (sulfide) groups is 1. The molecule has 1 unspecified atom stereocenters. The summed E-state index contributed by atoms with van der Waals surface area (Å²) >= 11 is 13.8. The summed E-state index contributed by atoms with van der Waals surface area (Å²) < 4.78 is 5.31. The average Bonchev–Trinajstić information content (AvgIpc) is 3.16. The Labute approximate surface area is 145 Å². The van der Waals surface area contributed by atoms with Crippen LogP contribution < -0.4 is 4.74 Å². The Morgan fingerprint density at radius 3 is 2.74 bits per heavy atom. The normalized spacial score (nSPS) is 16.0. The number of ether oxygens (including phenoxy) is 1. The van der Waals surface area contributed by atoms with Crippen LogP contribution in [0.3, 0.4) is 0 Å². The van der Waals surface area contributed by atoms with Crippen molar-refractivity contribution in [3.8, 4) is 5.75 Å². The Kier molecular flexibility index (Phi) is 4.31. The largest absolute Gasteiger partial charge is 0.478 e. The molecular formula is C15H11Cl2NO4S. The molecule has 0 aliphatic carbocycles. The summed E-state index contributed by atoms with van der Waals surface area (Å²) in [6.07, 6.45) is 2.65. The highest BCUT2D eigenvalue weighted by Gasteiger charge is 2.33. The lowest BCUT2D eigenvalue weighted by atomic mass is 10.0. The molecule has 0 radical (unpaired) electrons. The zero-order chi connectivity index (χ0) is 16.7. The minimum Gasteiger partial charge on any atom is -0.478 e. The number of ketones is 1. The molecule has 0 bridgehead atoms.